The molecule has 0 radical (unpaired) electrons. The number of nitrogens with one attached hydrogen (secondary N) is 1. The van der Waals surface area contributed by atoms with Crippen molar-refractivity contribution in [2.24, 2.45) is 30.2 Å². The van der Waals surface area contributed by atoms with Crippen molar-refractivity contribution in [3.05, 3.63) is 29.6 Å². The highest BCUT2D eigenvalue weighted by Crippen LogP contribution is 2.60. The van der Waals surface area contributed by atoms with Gasteiger partial charge in [0, 0.05) is 19.0 Å². The Hall–Kier alpha value is -1.84. The minimum absolute atomic E-state index is 0.0551. The molecule has 4 nitrogen and oxygen atoms in total. The van der Waals surface area contributed by atoms with Gasteiger partial charge in [0.05, 0.1) is 11.0 Å². The van der Waals surface area contributed by atoms with E-state index in [9.17, 15) is 4.79 Å². The molecule has 1 heterocycles. The summed E-state index contributed by atoms with van der Waals surface area (Å²) in [6.07, 6.45) is 7.52. The SMILES string of the molecule is Cc1nc2cc(CNC(=O)C34CC5CC(CC(C5)C3)C4)ccc2n1C. The molecule has 0 unspecified atom stereocenters. The maximum absolute atomic E-state index is 13.1. The van der Waals surface area contributed by atoms with Crippen LogP contribution in [0.5, 0.6) is 0 Å². The van der Waals surface area contributed by atoms with Gasteiger partial charge in [-0.05, 0) is 80.9 Å². The first-order valence-electron chi connectivity index (χ1n) is 9.73. The van der Waals surface area contributed by atoms with Crippen molar-refractivity contribution < 1.29 is 4.79 Å². The minimum atomic E-state index is -0.0551. The van der Waals surface area contributed by atoms with Gasteiger partial charge in [-0.2, -0.15) is 0 Å². The number of hydrogen-bond acceptors (Lipinski definition) is 2. The molecule has 1 aromatic heterocycles. The van der Waals surface area contributed by atoms with Crippen LogP contribution < -0.4 is 5.32 Å². The topological polar surface area (TPSA) is 46.9 Å². The molecule has 0 saturated heterocycles. The van der Waals surface area contributed by atoms with E-state index in [4.69, 9.17) is 0 Å². The van der Waals surface area contributed by atoms with Gasteiger partial charge in [-0.1, -0.05) is 6.07 Å². The van der Waals surface area contributed by atoms with Gasteiger partial charge >= 0.3 is 0 Å². The van der Waals surface area contributed by atoms with Crippen molar-refractivity contribution in [2.75, 3.05) is 0 Å². The molecular weight excluding hydrogens is 310 g/mol. The van der Waals surface area contributed by atoms with E-state index in [2.05, 4.69) is 33.1 Å². The number of benzene rings is 1. The molecule has 1 N–H and O–H groups in total. The van der Waals surface area contributed by atoms with Crippen LogP contribution in [0, 0.1) is 30.1 Å². The molecule has 132 valence electrons. The van der Waals surface area contributed by atoms with Crippen LogP contribution in [0.1, 0.15) is 49.9 Å². The van der Waals surface area contributed by atoms with Crippen molar-refractivity contribution in [3.8, 4) is 0 Å². The second-order valence-electron chi connectivity index (χ2n) is 8.92. The number of rotatable bonds is 3. The minimum Gasteiger partial charge on any atom is -0.352 e. The summed E-state index contributed by atoms with van der Waals surface area (Å²) in [5, 5.41) is 3.27. The molecule has 4 aliphatic rings. The zero-order valence-corrected chi connectivity index (χ0v) is 15.2. The number of carbonyl (C=O) groups is 1. The van der Waals surface area contributed by atoms with Gasteiger partial charge in [0.15, 0.2) is 0 Å². The fourth-order valence-corrected chi connectivity index (χ4v) is 6.23. The molecule has 1 amide bonds. The van der Waals surface area contributed by atoms with Crippen LogP contribution >= 0.6 is 0 Å². The Kier molecular flexibility index (Phi) is 3.28. The molecule has 4 bridgehead atoms. The van der Waals surface area contributed by atoms with E-state index in [1.165, 1.54) is 19.3 Å². The Morgan fingerprint density at radius 2 is 1.84 bits per heavy atom. The second-order valence-corrected chi connectivity index (χ2v) is 8.92. The third-order valence-electron chi connectivity index (χ3n) is 7.14. The summed E-state index contributed by atoms with van der Waals surface area (Å²) in [6.45, 7) is 2.64. The van der Waals surface area contributed by atoms with Crippen LogP contribution in [0.3, 0.4) is 0 Å². The normalized spacial score (nSPS) is 33.1. The number of fused-ring (bicyclic) bond motifs is 1. The Balaban J connectivity index is 1.32. The third kappa shape index (κ3) is 2.41. The summed E-state index contributed by atoms with van der Waals surface area (Å²) in [5.41, 5.74) is 3.25. The maximum Gasteiger partial charge on any atom is 0.226 e. The number of amides is 1. The summed E-state index contributed by atoms with van der Waals surface area (Å²) in [7, 11) is 2.04. The van der Waals surface area contributed by atoms with Gasteiger partial charge in [0.1, 0.15) is 5.82 Å². The Bertz CT molecular complexity index is 815. The summed E-state index contributed by atoms with van der Waals surface area (Å²) in [5.74, 6) is 3.76. The largest absolute Gasteiger partial charge is 0.352 e. The third-order valence-corrected chi connectivity index (χ3v) is 7.14. The average molecular weight is 337 g/mol. The van der Waals surface area contributed by atoms with E-state index in [1.54, 1.807) is 0 Å². The van der Waals surface area contributed by atoms with Crippen LogP contribution in [0.15, 0.2) is 18.2 Å². The molecule has 0 atom stereocenters. The molecule has 4 saturated carbocycles. The highest BCUT2D eigenvalue weighted by atomic mass is 16.2. The Morgan fingerprint density at radius 1 is 1.20 bits per heavy atom. The Morgan fingerprint density at radius 3 is 2.48 bits per heavy atom. The molecular formula is C21H27N3O. The predicted octanol–water partition coefficient (Wildman–Crippen LogP) is 3.71. The lowest BCUT2D eigenvalue weighted by Gasteiger charge is -2.55. The van der Waals surface area contributed by atoms with Gasteiger partial charge < -0.3 is 9.88 Å². The first-order valence-corrected chi connectivity index (χ1v) is 9.73. The van der Waals surface area contributed by atoms with Gasteiger partial charge in [0.25, 0.3) is 0 Å². The number of nitrogens with zero attached hydrogens (tertiary/aromatic N) is 2. The van der Waals surface area contributed by atoms with Crippen molar-refractivity contribution in [1.82, 2.24) is 14.9 Å². The van der Waals surface area contributed by atoms with E-state index in [0.29, 0.717) is 12.5 Å². The van der Waals surface area contributed by atoms with Crippen LogP contribution in [0.25, 0.3) is 11.0 Å². The lowest BCUT2D eigenvalue weighted by Crippen LogP contribution is -2.53. The first kappa shape index (κ1) is 15.4. The monoisotopic (exact) mass is 337 g/mol. The fraction of sp³-hybridized carbons (Fsp3) is 0.619. The average Bonchev–Trinajstić information content (AvgIpc) is 2.85. The molecule has 1 aromatic carbocycles. The zero-order valence-electron chi connectivity index (χ0n) is 15.2. The lowest BCUT2D eigenvalue weighted by molar-refractivity contribution is -0.146. The predicted molar refractivity (Wildman–Crippen MR) is 97.9 cm³/mol. The molecule has 6 rings (SSSR count). The van der Waals surface area contributed by atoms with E-state index < -0.39 is 0 Å². The van der Waals surface area contributed by atoms with Crippen molar-refractivity contribution in [2.45, 2.75) is 52.0 Å². The van der Waals surface area contributed by atoms with Gasteiger partial charge in [-0.15, -0.1) is 0 Å². The van der Waals surface area contributed by atoms with Crippen LogP contribution in [0.4, 0.5) is 0 Å². The number of aromatic nitrogens is 2. The fourth-order valence-electron chi connectivity index (χ4n) is 6.23. The summed E-state index contributed by atoms with van der Waals surface area (Å²) < 4.78 is 2.10. The van der Waals surface area contributed by atoms with E-state index in [0.717, 1.165) is 59.4 Å². The maximum atomic E-state index is 13.1. The van der Waals surface area contributed by atoms with Crippen LogP contribution in [-0.4, -0.2) is 15.5 Å². The highest BCUT2D eigenvalue weighted by Gasteiger charge is 2.54. The number of aryl methyl sites for hydroxylation is 2. The molecule has 4 aliphatic carbocycles. The van der Waals surface area contributed by atoms with Crippen molar-refractivity contribution in [1.29, 1.82) is 0 Å². The molecule has 25 heavy (non-hydrogen) atoms. The summed E-state index contributed by atoms with van der Waals surface area (Å²) >= 11 is 0. The summed E-state index contributed by atoms with van der Waals surface area (Å²) in [4.78, 5) is 17.7. The Labute approximate surface area is 149 Å². The smallest absolute Gasteiger partial charge is 0.226 e. The lowest BCUT2D eigenvalue weighted by atomic mass is 9.49. The molecule has 4 fully saturated rings. The number of imidazole rings is 1. The standard InChI is InChI=1S/C21H27N3O/c1-13-23-18-8-14(3-4-19(18)24(13)2)12-22-20(25)21-9-15-5-16(10-21)7-17(6-15)11-21/h3-4,8,15-17H,5-7,9-12H2,1-2H3,(H,22,25). The number of carbonyl (C=O) groups excluding carboxylic acids is 1. The van der Waals surface area contributed by atoms with Gasteiger partial charge in [-0.25, -0.2) is 4.98 Å². The van der Waals surface area contributed by atoms with Crippen LogP contribution in [0.2, 0.25) is 0 Å². The second kappa shape index (κ2) is 5.33. The molecule has 2 aromatic rings. The van der Waals surface area contributed by atoms with E-state index in [-0.39, 0.29) is 5.41 Å². The number of hydrogen-bond donors (Lipinski definition) is 1. The van der Waals surface area contributed by atoms with Crippen molar-refractivity contribution in [3.63, 3.8) is 0 Å². The molecule has 0 aliphatic heterocycles. The van der Waals surface area contributed by atoms with Crippen LogP contribution in [-0.2, 0) is 18.4 Å². The highest BCUT2D eigenvalue weighted by molar-refractivity contribution is 5.83. The van der Waals surface area contributed by atoms with E-state index >= 15 is 0 Å². The first-order chi connectivity index (χ1) is 12.0. The summed E-state index contributed by atoms with van der Waals surface area (Å²) in [6, 6.07) is 6.34. The molecule has 4 heteroatoms. The molecule has 0 spiro atoms. The quantitative estimate of drug-likeness (QED) is 0.928. The van der Waals surface area contributed by atoms with Gasteiger partial charge in [0.2, 0.25) is 5.91 Å². The van der Waals surface area contributed by atoms with E-state index in [1.807, 2.05) is 14.0 Å². The van der Waals surface area contributed by atoms with Gasteiger partial charge in [-0.3, -0.25) is 4.79 Å². The zero-order chi connectivity index (χ0) is 17.2. The van der Waals surface area contributed by atoms with Crippen molar-refractivity contribution >= 4 is 16.9 Å².